The normalized spacial score (nSPS) is 14.5. The molecule has 1 aromatic carbocycles. The molecule has 2 atom stereocenters. The molecular formula is C17H26F2O4S. The summed E-state index contributed by atoms with van der Waals surface area (Å²) >= 11 is 0. The van der Waals surface area contributed by atoms with Gasteiger partial charge in [-0.1, -0.05) is 45.2 Å². The number of hydrogen-bond acceptors (Lipinski definition) is 4. The van der Waals surface area contributed by atoms with Crippen molar-refractivity contribution >= 4 is 10.1 Å². The molecule has 0 aromatic heterocycles. The van der Waals surface area contributed by atoms with Gasteiger partial charge in [0.2, 0.25) is 0 Å². The molecule has 1 rings (SSSR count). The average Bonchev–Trinajstić information content (AvgIpc) is 2.52. The van der Waals surface area contributed by atoms with E-state index in [1.807, 2.05) is 6.92 Å². The van der Waals surface area contributed by atoms with Crippen LogP contribution >= 0.6 is 0 Å². The quantitative estimate of drug-likeness (QED) is 0.436. The lowest BCUT2D eigenvalue weighted by Gasteiger charge is -2.27. The maximum Gasteiger partial charge on any atom is 0.264 e. The minimum Gasteiger partial charge on any atom is -0.371 e. The minimum absolute atomic E-state index is 0.0134. The van der Waals surface area contributed by atoms with E-state index in [0.717, 1.165) is 38.0 Å². The van der Waals surface area contributed by atoms with Crippen molar-refractivity contribution in [2.45, 2.75) is 45.6 Å². The molecule has 0 aliphatic carbocycles. The first-order valence-electron chi connectivity index (χ1n) is 8.20. The topological polar surface area (TPSA) is 52.6 Å². The molecule has 0 saturated heterocycles. The first-order chi connectivity index (χ1) is 11.3. The van der Waals surface area contributed by atoms with E-state index in [4.69, 9.17) is 4.74 Å². The van der Waals surface area contributed by atoms with Gasteiger partial charge in [-0.3, -0.25) is 4.18 Å². The number of halogens is 2. The van der Waals surface area contributed by atoms with Crippen LogP contribution in [0.4, 0.5) is 8.78 Å². The predicted octanol–water partition coefficient (Wildman–Crippen LogP) is 4.22. The van der Waals surface area contributed by atoms with Gasteiger partial charge in [-0.15, -0.1) is 0 Å². The van der Waals surface area contributed by atoms with Crippen molar-refractivity contribution in [1.82, 2.24) is 0 Å². The van der Waals surface area contributed by atoms with Crippen LogP contribution in [0.15, 0.2) is 18.2 Å². The monoisotopic (exact) mass is 364 g/mol. The Morgan fingerprint density at radius 3 is 2.46 bits per heavy atom. The molecule has 1 aromatic rings. The van der Waals surface area contributed by atoms with Gasteiger partial charge in [0.05, 0.1) is 25.6 Å². The summed E-state index contributed by atoms with van der Waals surface area (Å²) in [7, 11) is -3.56. The molecule has 0 fully saturated rings. The molecule has 0 aliphatic heterocycles. The van der Waals surface area contributed by atoms with Gasteiger partial charge in [-0.2, -0.15) is 8.42 Å². The third-order valence-electron chi connectivity index (χ3n) is 3.85. The molecule has 0 spiro atoms. The van der Waals surface area contributed by atoms with E-state index in [1.54, 1.807) is 0 Å². The lowest BCUT2D eigenvalue weighted by atomic mass is 9.88. The number of benzene rings is 1. The molecule has 7 heteroatoms. The first kappa shape index (κ1) is 21.0. The van der Waals surface area contributed by atoms with Gasteiger partial charge in [-0.05, 0) is 18.4 Å². The second-order valence-electron chi connectivity index (χ2n) is 5.77. The Bertz CT molecular complexity index is 605. The molecule has 138 valence electrons. The zero-order valence-corrected chi connectivity index (χ0v) is 15.2. The standard InChI is InChI=1S/C17H26F2O4S/c1-4-6-8-13(5-2)17(22-11-12-23-24(3,20)21)14-9-7-10-15(18)16(14)19/h7,9-10,13,17H,4-6,8,11-12H2,1-3H3/t13-,17?/m0/s1. The number of unbranched alkanes of at least 4 members (excludes halogenated alkanes) is 1. The summed E-state index contributed by atoms with van der Waals surface area (Å²) in [4.78, 5) is 0. The second kappa shape index (κ2) is 10.1. The third kappa shape index (κ3) is 6.83. The summed E-state index contributed by atoms with van der Waals surface area (Å²) in [5.41, 5.74) is 0.164. The number of ether oxygens (including phenoxy) is 1. The van der Waals surface area contributed by atoms with Gasteiger partial charge in [0.15, 0.2) is 11.6 Å². The van der Waals surface area contributed by atoms with Crippen molar-refractivity contribution in [2.24, 2.45) is 5.92 Å². The van der Waals surface area contributed by atoms with Crippen LogP contribution in [0, 0.1) is 17.6 Å². The van der Waals surface area contributed by atoms with E-state index in [-0.39, 0.29) is 24.7 Å². The molecule has 4 nitrogen and oxygen atoms in total. The molecule has 24 heavy (non-hydrogen) atoms. The van der Waals surface area contributed by atoms with E-state index >= 15 is 0 Å². The van der Waals surface area contributed by atoms with Crippen molar-refractivity contribution in [3.8, 4) is 0 Å². The van der Waals surface area contributed by atoms with Crippen molar-refractivity contribution < 1.29 is 26.1 Å². The zero-order chi connectivity index (χ0) is 18.2. The van der Waals surface area contributed by atoms with Gasteiger partial charge in [0.1, 0.15) is 0 Å². The molecule has 0 amide bonds. The minimum atomic E-state index is -3.56. The molecule has 0 saturated carbocycles. The van der Waals surface area contributed by atoms with Crippen LogP contribution in [0.2, 0.25) is 0 Å². The van der Waals surface area contributed by atoms with Gasteiger partial charge in [0.25, 0.3) is 10.1 Å². The average molecular weight is 364 g/mol. The highest BCUT2D eigenvalue weighted by Gasteiger charge is 2.26. The SMILES string of the molecule is CCCC[C@H](CC)C(OCCOS(C)(=O)=O)c1cccc(F)c1F. The zero-order valence-electron chi connectivity index (χ0n) is 14.4. The van der Waals surface area contributed by atoms with Crippen LogP contribution in [0.1, 0.15) is 51.2 Å². The largest absolute Gasteiger partial charge is 0.371 e. The van der Waals surface area contributed by atoms with E-state index in [0.29, 0.717) is 0 Å². The Morgan fingerprint density at radius 2 is 1.88 bits per heavy atom. The van der Waals surface area contributed by atoms with Crippen molar-refractivity contribution in [2.75, 3.05) is 19.5 Å². The van der Waals surface area contributed by atoms with Crippen molar-refractivity contribution in [3.63, 3.8) is 0 Å². The van der Waals surface area contributed by atoms with E-state index < -0.39 is 27.9 Å². The van der Waals surface area contributed by atoms with Crippen LogP contribution in [-0.4, -0.2) is 27.9 Å². The third-order valence-corrected chi connectivity index (χ3v) is 4.44. The van der Waals surface area contributed by atoms with Crippen LogP contribution in [-0.2, 0) is 19.0 Å². The summed E-state index contributed by atoms with van der Waals surface area (Å²) < 4.78 is 60.1. The Morgan fingerprint density at radius 1 is 1.17 bits per heavy atom. The molecule has 0 aliphatic rings. The van der Waals surface area contributed by atoms with Gasteiger partial charge in [0, 0.05) is 5.56 Å². The number of hydrogen-bond donors (Lipinski definition) is 0. The van der Waals surface area contributed by atoms with Gasteiger partial charge >= 0.3 is 0 Å². The maximum absolute atomic E-state index is 14.2. The molecule has 1 unspecified atom stereocenters. The lowest BCUT2D eigenvalue weighted by molar-refractivity contribution is -0.00907. The summed E-state index contributed by atoms with van der Waals surface area (Å²) in [6.07, 6.45) is 3.82. The van der Waals surface area contributed by atoms with Gasteiger partial charge < -0.3 is 4.74 Å². The fourth-order valence-corrected chi connectivity index (χ4v) is 2.99. The Hall–Kier alpha value is -1.05. The van der Waals surface area contributed by atoms with Crippen molar-refractivity contribution in [3.05, 3.63) is 35.4 Å². The second-order valence-corrected chi connectivity index (χ2v) is 7.42. The summed E-state index contributed by atoms with van der Waals surface area (Å²) in [5.74, 6) is -1.82. The van der Waals surface area contributed by atoms with Crippen LogP contribution in [0.5, 0.6) is 0 Å². The Kier molecular flexibility index (Phi) is 8.80. The highest BCUT2D eigenvalue weighted by Crippen LogP contribution is 2.34. The summed E-state index contributed by atoms with van der Waals surface area (Å²) in [6, 6.07) is 4.02. The molecular weight excluding hydrogens is 338 g/mol. The fraction of sp³-hybridized carbons (Fsp3) is 0.647. The predicted molar refractivity (Wildman–Crippen MR) is 89.2 cm³/mol. The van der Waals surface area contributed by atoms with Crippen LogP contribution in [0.3, 0.4) is 0 Å². The molecule has 0 heterocycles. The lowest BCUT2D eigenvalue weighted by Crippen LogP contribution is -2.20. The Labute approximate surface area is 143 Å². The summed E-state index contributed by atoms with van der Waals surface area (Å²) in [5, 5.41) is 0. The van der Waals surface area contributed by atoms with Crippen LogP contribution < -0.4 is 0 Å². The van der Waals surface area contributed by atoms with E-state index in [1.165, 1.54) is 12.1 Å². The smallest absolute Gasteiger partial charge is 0.264 e. The van der Waals surface area contributed by atoms with Crippen LogP contribution in [0.25, 0.3) is 0 Å². The van der Waals surface area contributed by atoms with E-state index in [2.05, 4.69) is 11.1 Å². The highest BCUT2D eigenvalue weighted by molar-refractivity contribution is 7.85. The van der Waals surface area contributed by atoms with Gasteiger partial charge in [-0.25, -0.2) is 8.78 Å². The Balaban J connectivity index is 2.91. The number of rotatable bonds is 11. The maximum atomic E-state index is 14.2. The first-order valence-corrected chi connectivity index (χ1v) is 10.0. The molecule has 0 radical (unpaired) electrons. The van der Waals surface area contributed by atoms with E-state index in [9.17, 15) is 17.2 Å². The summed E-state index contributed by atoms with van der Waals surface area (Å²) in [6.45, 7) is 3.86. The highest BCUT2D eigenvalue weighted by atomic mass is 32.2. The molecule has 0 bridgehead atoms. The van der Waals surface area contributed by atoms with Crippen molar-refractivity contribution in [1.29, 1.82) is 0 Å². The molecule has 0 N–H and O–H groups in total. The fourth-order valence-electron chi connectivity index (χ4n) is 2.62.